The van der Waals surface area contributed by atoms with Crippen LogP contribution < -0.4 is 0 Å². The van der Waals surface area contributed by atoms with Gasteiger partial charge in [0.1, 0.15) is 0 Å². The van der Waals surface area contributed by atoms with Gasteiger partial charge in [0.25, 0.3) is 0 Å². The highest BCUT2D eigenvalue weighted by Crippen LogP contribution is 2.26. The molecule has 1 aromatic carbocycles. The predicted molar refractivity (Wildman–Crippen MR) is 87.8 cm³/mol. The van der Waals surface area contributed by atoms with Gasteiger partial charge in [-0.05, 0) is 18.1 Å². The van der Waals surface area contributed by atoms with Crippen molar-refractivity contribution >= 4 is 29.1 Å². The Morgan fingerprint density at radius 1 is 1.24 bits per heavy atom. The fraction of sp³-hybridized carbons (Fsp3) is 0.562. The van der Waals surface area contributed by atoms with E-state index in [2.05, 4.69) is 11.8 Å². The molecule has 0 spiro atoms. The first-order chi connectivity index (χ1) is 10.0. The molecule has 0 radical (unpaired) electrons. The summed E-state index contributed by atoms with van der Waals surface area (Å²) in [6, 6.07) is 5.73. The number of amides is 1. The van der Waals surface area contributed by atoms with Crippen LogP contribution in [0.25, 0.3) is 0 Å². The van der Waals surface area contributed by atoms with Crippen molar-refractivity contribution in [2.45, 2.75) is 26.8 Å². The van der Waals surface area contributed by atoms with E-state index in [4.69, 9.17) is 23.2 Å². The number of carbonyl (C=O) groups is 1. The van der Waals surface area contributed by atoms with Crippen LogP contribution in [0.15, 0.2) is 18.2 Å². The lowest BCUT2D eigenvalue weighted by atomic mass is 10.1. The molecule has 1 fully saturated rings. The number of piperazine rings is 1. The number of rotatable bonds is 4. The zero-order valence-corrected chi connectivity index (χ0v) is 14.1. The second kappa shape index (κ2) is 7.48. The largest absolute Gasteiger partial charge is 0.340 e. The standard InChI is InChI=1S/C16H22Cl2N2O/c1-3-12(2)16(21)20-9-7-19(8-10-20)11-13-5-4-6-14(17)15(13)18/h4-6,12H,3,7-11H2,1-2H3. The van der Waals surface area contributed by atoms with Gasteiger partial charge in [-0.3, -0.25) is 9.69 Å². The maximum atomic E-state index is 12.2. The Morgan fingerprint density at radius 2 is 1.90 bits per heavy atom. The van der Waals surface area contributed by atoms with E-state index in [0.717, 1.165) is 44.7 Å². The van der Waals surface area contributed by atoms with Gasteiger partial charge < -0.3 is 4.90 Å². The molecule has 3 nitrogen and oxygen atoms in total. The molecule has 1 unspecified atom stereocenters. The van der Waals surface area contributed by atoms with E-state index in [0.29, 0.717) is 10.0 Å². The van der Waals surface area contributed by atoms with Crippen LogP contribution in [0.5, 0.6) is 0 Å². The summed E-state index contributed by atoms with van der Waals surface area (Å²) in [5, 5.41) is 1.23. The minimum Gasteiger partial charge on any atom is -0.340 e. The number of halogens is 2. The van der Waals surface area contributed by atoms with Crippen LogP contribution in [0.1, 0.15) is 25.8 Å². The Morgan fingerprint density at radius 3 is 2.52 bits per heavy atom. The predicted octanol–water partition coefficient (Wildman–Crippen LogP) is 3.68. The average Bonchev–Trinajstić information content (AvgIpc) is 2.51. The lowest BCUT2D eigenvalue weighted by Gasteiger charge is -2.36. The molecule has 0 N–H and O–H groups in total. The summed E-state index contributed by atoms with van der Waals surface area (Å²) in [5.41, 5.74) is 1.05. The fourth-order valence-electron chi connectivity index (χ4n) is 2.52. The lowest BCUT2D eigenvalue weighted by Crippen LogP contribution is -2.49. The lowest BCUT2D eigenvalue weighted by molar-refractivity contribution is -0.136. The fourth-order valence-corrected chi connectivity index (χ4v) is 2.90. The molecule has 1 aliphatic rings. The van der Waals surface area contributed by atoms with Crippen LogP contribution in [-0.2, 0) is 11.3 Å². The van der Waals surface area contributed by atoms with Crippen LogP contribution in [0.2, 0.25) is 10.0 Å². The summed E-state index contributed by atoms with van der Waals surface area (Å²) in [4.78, 5) is 16.5. The summed E-state index contributed by atoms with van der Waals surface area (Å²) in [5.74, 6) is 0.400. The highest BCUT2D eigenvalue weighted by Gasteiger charge is 2.24. The number of nitrogens with zero attached hydrogens (tertiary/aromatic N) is 2. The average molecular weight is 329 g/mol. The Bertz CT molecular complexity index is 499. The molecule has 0 saturated carbocycles. The van der Waals surface area contributed by atoms with Gasteiger partial charge in [-0.2, -0.15) is 0 Å². The van der Waals surface area contributed by atoms with Crippen molar-refractivity contribution < 1.29 is 4.79 Å². The molecule has 1 atom stereocenters. The van der Waals surface area contributed by atoms with Gasteiger partial charge in [0, 0.05) is 38.6 Å². The van der Waals surface area contributed by atoms with Gasteiger partial charge >= 0.3 is 0 Å². The summed E-state index contributed by atoms with van der Waals surface area (Å²) in [6.45, 7) is 8.18. The number of hydrogen-bond donors (Lipinski definition) is 0. The molecule has 116 valence electrons. The molecule has 1 heterocycles. The first-order valence-electron chi connectivity index (χ1n) is 7.47. The minimum absolute atomic E-state index is 0.124. The second-order valence-electron chi connectivity index (χ2n) is 5.62. The SMILES string of the molecule is CCC(C)C(=O)N1CCN(Cc2cccc(Cl)c2Cl)CC1. The second-order valence-corrected chi connectivity index (χ2v) is 6.41. The molecule has 1 saturated heterocycles. The van der Waals surface area contributed by atoms with E-state index < -0.39 is 0 Å². The van der Waals surface area contributed by atoms with Gasteiger partial charge in [-0.1, -0.05) is 49.2 Å². The summed E-state index contributed by atoms with van der Waals surface area (Å²) < 4.78 is 0. The molecule has 1 amide bonds. The van der Waals surface area contributed by atoms with E-state index in [-0.39, 0.29) is 11.8 Å². The highest BCUT2D eigenvalue weighted by atomic mass is 35.5. The van der Waals surface area contributed by atoms with Crippen molar-refractivity contribution in [3.8, 4) is 0 Å². The van der Waals surface area contributed by atoms with Gasteiger partial charge in [0.15, 0.2) is 0 Å². The van der Waals surface area contributed by atoms with Crippen molar-refractivity contribution in [2.24, 2.45) is 5.92 Å². The Labute approximate surface area is 136 Å². The zero-order valence-electron chi connectivity index (χ0n) is 12.6. The van der Waals surface area contributed by atoms with Gasteiger partial charge in [0.2, 0.25) is 5.91 Å². The van der Waals surface area contributed by atoms with E-state index in [1.807, 2.05) is 24.0 Å². The minimum atomic E-state index is 0.124. The Balaban J connectivity index is 1.90. The molecular formula is C16H22Cl2N2O. The number of carbonyl (C=O) groups excluding carboxylic acids is 1. The third-order valence-electron chi connectivity index (χ3n) is 4.14. The number of benzene rings is 1. The summed E-state index contributed by atoms with van der Waals surface area (Å²) in [7, 11) is 0. The normalized spacial score (nSPS) is 17.8. The molecular weight excluding hydrogens is 307 g/mol. The Hall–Kier alpha value is -0.770. The first-order valence-corrected chi connectivity index (χ1v) is 8.22. The topological polar surface area (TPSA) is 23.6 Å². The van der Waals surface area contributed by atoms with Gasteiger partial charge in [-0.15, -0.1) is 0 Å². The molecule has 2 rings (SSSR count). The smallest absolute Gasteiger partial charge is 0.225 e. The van der Waals surface area contributed by atoms with Crippen molar-refractivity contribution in [1.29, 1.82) is 0 Å². The van der Waals surface area contributed by atoms with Crippen molar-refractivity contribution in [3.63, 3.8) is 0 Å². The van der Waals surface area contributed by atoms with E-state index >= 15 is 0 Å². The van der Waals surface area contributed by atoms with Gasteiger partial charge in [-0.25, -0.2) is 0 Å². The van der Waals surface area contributed by atoms with E-state index in [1.54, 1.807) is 6.07 Å². The van der Waals surface area contributed by atoms with Crippen LogP contribution >= 0.6 is 23.2 Å². The molecule has 0 aromatic heterocycles. The summed E-state index contributed by atoms with van der Waals surface area (Å²) in [6.07, 6.45) is 0.900. The van der Waals surface area contributed by atoms with Crippen LogP contribution in [-0.4, -0.2) is 41.9 Å². The first kappa shape index (κ1) is 16.6. The van der Waals surface area contributed by atoms with Crippen LogP contribution in [0.3, 0.4) is 0 Å². The molecule has 1 aliphatic heterocycles. The molecule has 0 bridgehead atoms. The highest BCUT2D eigenvalue weighted by molar-refractivity contribution is 6.42. The van der Waals surface area contributed by atoms with Gasteiger partial charge in [0.05, 0.1) is 10.0 Å². The van der Waals surface area contributed by atoms with E-state index in [9.17, 15) is 4.79 Å². The summed E-state index contributed by atoms with van der Waals surface area (Å²) >= 11 is 12.3. The quantitative estimate of drug-likeness (QED) is 0.841. The molecule has 0 aliphatic carbocycles. The van der Waals surface area contributed by atoms with Crippen molar-refractivity contribution in [1.82, 2.24) is 9.80 Å². The third-order valence-corrected chi connectivity index (χ3v) is 5.00. The molecule has 21 heavy (non-hydrogen) atoms. The Kier molecular flexibility index (Phi) is 5.91. The molecule has 1 aromatic rings. The van der Waals surface area contributed by atoms with E-state index in [1.165, 1.54) is 0 Å². The molecule has 5 heteroatoms. The van der Waals surface area contributed by atoms with Crippen molar-refractivity contribution in [3.05, 3.63) is 33.8 Å². The maximum Gasteiger partial charge on any atom is 0.225 e. The third kappa shape index (κ3) is 4.12. The van der Waals surface area contributed by atoms with Crippen LogP contribution in [0, 0.1) is 5.92 Å². The number of hydrogen-bond acceptors (Lipinski definition) is 2. The van der Waals surface area contributed by atoms with Crippen LogP contribution in [0.4, 0.5) is 0 Å². The maximum absolute atomic E-state index is 12.2. The zero-order chi connectivity index (χ0) is 15.4. The monoisotopic (exact) mass is 328 g/mol. The van der Waals surface area contributed by atoms with Crippen molar-refractivity contribution in [2.75, 3.05) is 26.2 Å².